The summed E-state index contributed by atoms with van der Waals surface area (Å²) in [4.78, 5) is 14.7. The molecule has 0 fully saturated rings. The number of rotatable bonds is 4. The highest BCUT2D eigenvalue weighted by molar-refractivity contribution is 6.06. The zero-order valence-electron chi connectivity index (χ0n) is 13.7. The van der Waals surface area contributed by atoms with Crippen molar-refractivity contribution in [1.29, 1.82) is 0 Å². The molecule has 0 unspecified atom stereocenters. The fraction of sp³-hybridized carbons (Fsp3) is 0.235. The van der Waals surface area contributed by atoms with Gasteiger partial charge in [0.1, 0.15) is 11.3 Å². The molecular weight excluding hydrogens is 302 g/mol. The number of nitrogens with two attached hydrogens (primary N) is 1. The molecule has 3 aromatic heterocycles. The standard InChI is InChI=1S/C17H19N7/c1-3-23(2)10-14-21-15-12-9-11(24-8-4-7-19-24)5-6-13(12)20-17(18)16(15)22-14/h4-9H,3,10H2,1-2H3,(H2,18,20)(H,21,22). The Labute approximate surface area is 139 Å². The third-order valence-corrected chi connectivity index (χ3v) is 4.21. The largest absolute Gasteiger partial charge is 0.382 e. The minimum Gasteiger partial charge on any atom is -0.382 e. The predicted molar refractivity (Wildman–Crippen MR) is 94.9 cm³/mol. The number of anilines is 1. The van der Waals surface area contributed by atoms with Gasteiger partial charge >= 0.3 is 0 Å². The molecule has 0 saturated carbocycles. The van der Waals surface area contributed by atoms with Crippen LogP contribution in [0.25, 0.3) is 27.6 Å². The van der Waals surface area contributed by atoms with E-state index >= 15 is 0 Å². The van der Waals surface area contributed by atoms with Crippen LogP contribution in [0.4, 0.5) is 5.82 Å². The van der Waals surface area contributed by atoms with Crippen LogP contribution in [0.3, 0.4) is 0 Å². The Kier molecular flexibility index (Phi) is 3.42. The number of hydrogen-bond acceptors (Lipinski definition) is 5. The Morgan fingerprint density at radius 3 is 2.92 bits per heavy atom. The van der Waals surface area contributed by atoms with Gasteiger partial charge in [0.25, 0.3) is 0 Å². The SMILES string of the molecule is CCN(C)Cc1nc2c(N)nc3ccc(-n4cccn4)cc3c2[nH]1. The van der Waals surface area contributed by atoms with Gasteiger partial charge in [-0.3, -0.25) is 4.90 Å². The maximum absolute atomic E-state index is 6.11. The molecule has 7 nitrogen and oxygen atoms in total. The molecule has 4 rings (SSSR count). The lowest BCUT2D eigenvalue weighted by molar-refractivity contribution is 0.338. The van der Waals surface area contributed by atoms with E-state index in [1.807, 2.05) is 29.1 Å². The fourth-order valence-electron chi connectivity index (χ4n) is 2.81. The van der Waals surface area contributed by atoms with Gasteiger partial charge in [-0.05, 0) is 37.9 Å². The lowest BCUT2D eigenvalue weighted by Gasteiger charge is -2.10. The summed E-state index contributed by atoms with van der Waals surface area (Å²) in [5.74, 6) is 1.34. The van der Waals surface area contributed by atoms with E-state index in [1.54, 1.807) is 6.20 Å². The Bertz CT molecular complexity index is 1000. The van der Waals surface area contributed by atoms with Crippen molar-refractivity contribution < 1.29 is 0 Å². The molecule has 0 atom stereocenters. The summed E-state index contributed by atoms with van der Waals surface area (Å²) in [6, 6.07) is 7.90. The van der Waals surface area contributed by atoms with Gasteiger partial charge in [-0.15, -0.1) is 0 Å². The molecule has 0 saturated heterocycles. The molecule has 0 amide bonds. The van der Waals surface area contributed by atoms with Crippen molar-refractivity contribution in [2.45, 2.75) is 13.5 Å². The van der Waals surface area contributed by atoms with Crippen LogP contribution in [-0.4, -0.2) is 43.2 Å². The molecule has 3 N–H and O–H groups in total. The van der Waals surface area contributed by atoms with Gasteiger partial charge < -0.3 is 10.7 Å². The average Bonchev–Trinajstić information content (AvgIpc) is 3.24. The van der Waals surface area contributed by atoms with E-state index in [4.69, 9.17) is 5.73 Å². The zero-order valence-corrected chi connectivity index (χ0v) is 13.7. The summed E-state index contributed by atoms with van der Waals surface area (Å²) in [6.07, 6.45) is 3.67. The molecule has 0 aliphatic carbocycles. The molecule has 0 bridgehead atoms. The molecule has 0 spiro atoms. The highest BCUT2D eigenvalue weighted by Crippen LogP contribution is 2.28. The summed E-state index contributed by atoms with van der Waals surface area (Å²) in [5.41, 5.74) is 9.57. The van der Waals surface area contributed by atoms with Crippen molar-refractivity contribution >= 4 is 27.8 Å². The number of nitrogens with one attached hydrogen (secondary N) is 1. The summed E-state index contributed by atoms with van der Waals surface area (Å²) in [6.45, 7) is 3.81. The first-order valence-corrected chi connectivity index (χ1v) is 7.92. The number of pyridine rings is 1. The third-order valence-electron chi connectivity index (χ3n) is 4.21. The third kappa shape index (κ3) is 2.39. The van der Waals surface area contributed by atoms with Gasteiger partial charge in [0.2, 0.25) is 0 Å². The molecule has 0 aliphatic heterocycles. The van der Waals surface area contributed by atoms with E-state index < -0.39 is 0 Å². The smallest absolute Gasteiger partial charge is 0.152 e. The predicted octanol–water partition coefficient (Wildman–Crippen LogP) is 2.33. The van der Waals surface area contributed by atoms with Crippen molar-refractivity contribution in [2.24, 2.45) is 0 Å². The average molecular weight is 321 g/mol. The van der Waals surface area contributed by atoms with Crippen LogP contribution in [-0.2, 0) is 6.54 Å². The normalized spacial score (nSPS) is 11.8. The van der Waals surface area contributed by atoms with Crippen molar-refractivity contribution in [3.05, 3.63) is 42.5 Å². The van der Waals surface area contributed by atoms with Crippen molar-refractivity contribution in [3.63, 3.8) is 0 Å². The number of imidazole rings is 1. The number of hydrogen-bond donors (Lipinski definition) is 2. The number of nitrogen functional groups attached to an aromatic ring is 1. The maximum atomic E-state index is 6.11. The Morgan fingerprint density at radius 1 is 1.29 bits per heavy atom. The van der Waals surface area contributed by atoms with Gasteiger partial charge in [0.05, 0.1) is 23.3 Å². The molecule has 1 aromatic carbocycles. The number of aromatic nitrogens is 5. The molecule has 0 aliphatic rings. The van der Waals surface area contributed by atoms with Crippen LogP contribution in [0.15, 0.2) is 36.7 Å². The van der Waals surface area contributed by atoms with E-state index in [0.717, 1.165) is 46.5 Å². The first kappa shape index (κ1) is 14.6. The minimum atomic E-state index is 0.450. The van der Waals surface area contributed by atoms with Crippen LogP contribution in [0.1, 0.15) is 12.7 Å². The number of aromatic amines is 1. The van der Waals surface area contributed by atoms with Crippen LogP contribution in [0.5, 0.6) is 0 Å². The maximum Gasteiger partial charge on any atom is 0.152 e. The molecule has 24 heavy (non-hydrogen) atoms. The second kappa shape index (κ2) is 5.61. The van der Waals surface area contributed by atoms with Gasteiger partial charge in [-0.25, -0.2) is 14.6 Å². The number of nitrogens with zero attached hydrogens (tertiary/aromatic N) is 5. The Balaban J connectivity index is 1.91. The van der Waals surface area contributed by atoms with E-state index in [1.165, 1.54) is 0 Å². The lowest BCUT2D eigenvalue weighted by atomic mass is 10.1. The minimum absolute atomic E-state index is 0.450. The molecule has 4 aromatic rings. The highest BCUT2D eigenvalue weighted by atomic mass is 15.3. The van der Waals surface area contributed by atoms with Crippen LogP contribution in [0, 0.1) is 0 Å². The second-order valence-electron chi connectivity index (χ2n) is 5.89. The first-order valence-electron chi connectivity index (χ1n) is 7.92. The Hall–Kier alpha value is -2.93. The molecular formula is C17H19N7. The van der Waals surface area contributed by atoms with Crippen LogP contribution in [0.2, 0.25) is 0 Å². The number of H-pyrrole nitrogens is 1. The van der Waals surface area contributed by atoms with Gasteiger partial charge in [0, 0.05) is 17.8 Å². The van der Waals surface area contributed by atoms with Gasteiger partial charge in [-0.1, -0.05) is 6.92 Å². The summed E-state index contributed by atoms with van der Waals surface area (Å²) in [5, 5.41) is 5.28. The van der Waals surface area contributed by atoms with Gasteiger partial charge in [0.15, 0.2) is 5.82 Å². The van der Waals surface area contributed by atoms with Crippen molar-refractivity contribution in [2.75, 3.05) is 19.3 Å². The summed E-state index contributed by atoms with van der Waals surface area (Å²) < 4.78 is 1.82. The number of benzene rings is 1. The first-order chi connectivity index (χ1) is 11.7. The van der Waals surface area contributed by atoms with E-state index in [9.17, 15) is 0 Å². The van der Waals surface area contributed by atoms with Crippen LogP contribution >= 0.6 is 0 Å². The van der Waals surface area contributed by atoms with Crippen LogP contribution < -0.4 is 5.73 Å². The van der Waals surface area contributed by atoms with Gasteiger partial charge in [-0.2, -0.15) is 5.10 Å². The summed E-state index contributed by atoms with van der Waals surface area (Å²) in [7, 11) is 2.06. The molecule has 0 radical (unpaired) electrons. The quantitative estimate of drug-likeness (QED) is 0.602. The highest BCUT2D eigenvalue weighted by Gasteiger charge is 2.13. The topological polar surface area (TPSA) is 88.7 Å². The monoisotopic (exact) mass is 321 g/mol. The second-order valence-corrected chi connectivity index (χ2v) is 5.89. The molecule has 7 heteroatoms. The van der Waals surface area contributed by atoms with E-state index in [0.29, 0.717) is 5.82 Å². The van der Waals surface area contributed by atoms with E-state index in [-0.39, 0.29) is 0 Å². The van der Waals surface area contributed by atoms with E-state index in [2.05, 4.69) is 45.0 Å². The van der Waals surface area contributed by atoms with Crippen molar-refractivity contribution in [3.8, 4) is 5.69 Å². The molecule has 3 heterocycles. The Morgan fingerprint density at radius 2 is 2.17 bits per heavy atom. The molecule has 122 valence electrons. The summed E-state index contributed by atoms with van der Waals surface area (Å²) >= 11 is 0. The number of fused-ring (bicyclic) bond motifs is 3. The van der Waals surface area contributed by atoms with Crippen molar-refractivity contribution in [1.82, 2.24) is 29.6 Å². The fourth-order valence-corrected chi connectivity index (χ4v) is 2.81. The lowest BCUT2D eigenvalue weighted by Crippen LogP contribution is -2.17. The zero-order chi connectivity index (χ0) is 16.7.